The van der Waals surface area contributed by atoms with Gasteiger partial charge in [0.15, 0.2) is 0 Å². The fourth-order valence-corrected chi connectivity index (χ4v) is 1.35. The maximum absolute atomic E-state index is 11.4. The molecule has 0 bridgehead atoms. The van der Waals surface area contributed by atoms with E-state index in [1.165, 1.54) is 0 Å². The lowest BCUT2D eigenvalue weighted by atomic mass is 10.3. The first-order valence-corrected chi connectivity index (χ1v) is 6.54. The average Bonchev–Trinajstić information content (AvgIpc) is 2.29. The molecule has 0 radical (unpaired) electrons. The zero-order valence-electron chi connectivity index (χ0n) is 8.24. The summed E-state index contributed by atoms with van der Waals surface area (Å²) in [4.78, 5) is 22.3. The second-order valence-electron chi connectivity index (χ2n) is 2.93. The van der Waals surface area contributed by atoms with Crippen LogP contribution >= 0.6 is 31.9 Å². The molecule has 3 amide bonds. The number of amides is 3. The summed E-state index contributed by atoms with van der Waals surface area (Å²) in [5, 5.41) is 5.20. The molecule has 0 aliphatic carbocycles. The fourth-order valence-electron chi connectivity index (χ4n) is 0.944. The predicted octanol–water partition coefficient (Wildman–Crippen LogP) is 2.49. The van der Waals surface area contributed by atoms with Crippen LogP contribution in [0.2, 0.25) is 0 Å². The van der Waals surface area contributed by atoms with Crippen molar-refractivity contribution < 1.29 is 9.59 Å². The molecule has 16 heavy (non-hydrogen) atoms. The van der Waals surface area contributed by atoms with Crippen LogP contribution < -0.4 is 10.6 Å². The van der Waals surface area contributed by atoms with Gasteiger partial charge in [-0.05, 0) is 12.1 Å². The first-order chi connectivity index (χ1) is 7.63. The molecule has 0 heterocycles. The van der Waals surface area contributed by atoms with Crippen molar-refractivity contribution in [1.29, 1.82) is 0 Å². The standard InChI is InChI=1S/C10H10Br2N2O2/c11-6-8(12)9(15)14-10(16)13-7-4-2-1-3-5-7/h1-5,8H,6H2,(H2,13,14,15,16). The van der Waals surface area contributed by atoms with Crippen molar-refractivity contribution in [2.24, 2.45) is 0 Å². The quantitative estimate of drug-likeness (QED) is 0.824. The molecule has 0 fully saturated rings. The van der Waals surface area contributed by atoms with E-state index in [2.05, 4.69) is 42.5 Å². The molecule has 0 aliphatic rings. The van der Waals surface area contributed by atoms with E-state index in [4.69, 9.17) is 0 Å². The third-order valence-electron chi connectivity index (χ3n) is 1.69. The van der Waals surface area contributed by atoms with E-state index in [-0.39, 0.29) is 5.91 Å². The number of anilines is 1. The minimum Gasteiger partial charge on any atom is -0.308 e. The molecule has 1 aromatic carbocycles. The Morgan fingerprint density at radius 1 is 1.25 bits per heavy atom. The fraction of sp³-hybridized carbons (Fsp3) is 0.200. The van der Waals surface area contributed by atoms with Gasteiger partial charge in [0, 0.05) is 11.0 Å². The van der Waals surface area contributed by atoms with Crippen molar-refractivity contribution in [1.82, 2.24) is 5.32 Å². The van der Waals surface area contributed by atoms with Crippen LogP contribution in [0.25, 0.3) is 0 Å². The van der Waals surface area contributed by atoms with Crippen LogP contribution in [0.1, 0.15) is 0 Å². The number of hydrogen-bond acceptors (Lipinski definition) is 2. The highest BCUT2D eigenvalue weighted by molar-refractivity contribution is 9.12. The smallest absolute Gasteiger partial charge is 0.308 e. The molecular weight excluding hydrogens is 340 g/mol. The Labute approximate surface area is 110 Å². The van der Waals surface area contributed by atoms with Crippen LogP contribution in [0.5, 0.6) is 0 Å². The Hall–Kier alpha value is -0.880. The molecule has 1 aromatic rings. The van der Waals surface area contributed by atoms with Crippen molar-refractivity contribution in [2.75, 3.05) is 10.6 Å². The molecule has 1 rings (SSSR count). The lowest BCUT2D eigenvalue weighted by molar-refractivity contribution is -0.118. The molecule has 0 saturated heterocycles. The third-order valence-corrected chi connectivity index (χ3v) is 3.94. The van der Waals surface area contributed by atoms with Crippen molar-refractivity contribution in [3.8, 4) is 0 Å². The van der Waals surface area contributed by atoms with Crippen LogP contribution in [0.15, 0.2) is 30.3 Å². The van der Waals surface area contributed by atoms with Gasteiger partial charge < -0.3 is 5.32 Å². The van der Waals surface area contributed by atoms with Crippen molar-refractivity contribution in [2.45, 2.75) is 4.83 Å². The van der Waals surface area contributed by atoms with Gasteiger partial charge in [-0.2, -0.15) is 0 Å². The van der Waals surface area contributed by atoms with Crippen LogP contribution in [-0.4, -0.2) is 22.1 Å². The summed E-state index contributed by atoms with van der Waals surface area (Å²) >= 11 is 6.25. The number of benzene rings is 1. The Bertz CT molecular complexity index is 370. The lowest BCUT2D eigenvalue weighted by Gasteiger charge is -2.08. The van der Waals surface area contributed by atoms with Gasteiger partial charge in [0.25, 0.3) is 0 Å². The van der Waals surface area contributed by atoms with Crippen LogP contribution in [0.4, 0.5) is 10.5 Å². The van der Waals surface area contributed by atoms with Gasteiger partial charge in [0.05, 0.1) is 0 Å². The summed E-state index contributed by atoms with van der Waals surface area (Å²) in [6.45, 7) is 0. The molecule has 0 aliphatic heterocycles. The molecule has 4 nitrogen and oxygen atoms in total. The van der Waals surface area contributed by atoms with Crippen LogP contribution in [0, 0.1) is 0 Å². The number of carbonyl (C=O) groups is 2. The summed E-state index contributed by atoms with van der Waals surface area (Å²) in [5.74, 6) is -0.384. The number of imide groups is 1. The maximum Gasteiger partial charge on any atom is 0.325 e. The highest BCUT2D eigenvalue weighted by atomic mass is 79.9. The van der Waals surface area contributed by atoms with Gasteiger partial charge in [-0.15, -0.1) is 0 Å². The van der Waals surface area contributed by atoms with E-state index < -0.39 is 10.9 Å². The van der Waals surface area contributed by atoms with Crippen LogP contribution in [0.3, 0.4) is 0 Å². The van der Waals surface area contributed by atoms with E-state index in [1.54, 1.807) is 24.3 Å². The number of hydrogen-bond donors (Lipinski definition) is 2. The highest BCUT2D eigenvalue weighted by Gasteiger charge is 2.15. The van der Waals surface area contributed by atoms with Gasteiger partial charge in [-0.25, -0.2) is 4.79 Å². The summed E-state index contributed by atoms with van der Waals surface area (Å²) < 4.78 is 0. The second-order valence-corrected chi connectivity index (χ2v) is 4.68. The van der Waals surface area contributed by atoms with Gasteiger partial charge in [0.2, 0.25) is 5.91 Å². The Kier molecular flexibility index (Phi) is 5.48. The average molecular weight is 350 g/mol. The molecule has 86 valence electrons. The molecule has 1 unspecified atom stereocenters. The number of rotatable bonds is 3. The second kappa shape index (κ2) is 6.65. The minimum atomic E-state index is -0.540. The number of carbonyl (C=O) groups excluding carboxylic acids is 2. The first kappa shape index (κ1) is 13.2. The molecule has 1 atom stereocenters. The zero-order valence-corrected chi connectivity index (χ0v) is 11.4. The number of para-hydroxylation sites is 1. The molecule has 2 N–H and O–H groups in total. The molecule has 0 spiro atoms. The maximum atomic E-state index is 11.4. The van der Waals surface area contributed by atoms with Gasteiger partial charge in [-0.3, -0.25) is 10.1 Å². The number of alkyl halides is 2. The Morgan fingerprint density at radius 3 is 2.44 bits per heavy atom. The summed E-state index contributed by atoms with van der Waals surface area (Å²) in [6, 6.07) is 8.36. The van der Waals surface area contributed by atoms with Crippen molar-refractivity contribution in [3.05, 3.63) is 30.3 Å². The Morgan fingerprint density at radius 2 is 1.88 bits per heavy atom. The lowest BCUT2D eigenvalue weighted by Crippen LogP contribution is -2.39. The molecule has 0 aromatic heterocycles. The highest BCUT2D eigenvalue weighted by Crippen LogP contribution is 2.06. The third kappa shape index (κ3) is 4.32. The SMILES string of the molecule is O=C(NC(=O)C(Br)CBr)Nc1ccccc1. The molecule has 6 heteroatoms. The number of urea groups is 1. The van der Waals surface area contributed by atoms with Gasteiger partial charge in [0.1, 0.15) is 4.83 Å². The predicted molar refractivity (Wildman–Crippen MR) is 70.1 cm³/mol. The van der Waals surface area contributed by atoms with E-state index in [0.29, 0.717) is 11.0 Å². The number of halogens is 2. The van der Waals surface area contributed by atoms with E-state index in [1.807, 2.05) is 6.07 Å². The van der Waals surface area contributed by atoms with Gasteiger partial charge in [-0.1, -0.05) is 50.1 Å². The van der Waals surface area contributed by atoms with Crippen LogP contribution in [-0.2, 0) is 4.79 Å². The normalized spacial score (nSPS) is 11.6. The van der Waals surface area contributed by atoms with E-state index >= 15 is 0 Å². The van der Waals surface area contributed by atoms with E-state index in [9.17, 15) is 9.59 Å². The summed E-state index contributed by atoms with van der Waals surface area (Å²) in [6.07, 6.45) is 0. The summed E-state index contributed by atoms with van der Waals surface area (Å²) in [5.41, 5.74) is 0.637. The first-order valence-electron chi connectivity index (χ1n) is 4.50. The van der Waals surface area contributed by atoms with Gasteiger partial charge >= 0.3 is 6.03 Å². The zero-order chi connectivity index (χ0) is 12.0. The molecule has 0 saturated carbocycles. The van der Waals surface area contributed by atoms with Crippen molar-refractivity contribution >= 4 is 49.5 Å². The monoisotopic (exact) mass is 348 g/mol. The van der Waals surface area contributed by atoms with E-state index in [0.717, 1.165) is 0 Å². The minimum absolute atomic E-state index is 0.384. The number of nitrogens with one attached hydrogen (secondary N) is 2. The Balaban J connectivity index is 2.46. The largest absolute Gasteiger partial charge is 0.325 e. The topological polar surface area (TPSA) is 58.2 Å². The van der Waals surface area contributed by atoms with Crippen molar-refractivity contribution in [3.63, 3.8) is 0 Å². The summed E-state index contributed by atoms with van der Waals surface area (Å²) in [7, 11) is 0. The molecular formula is C10H10Br2N2O2.